The number of piperidine rings is 1. The van der Waals surface area contributed by atoms with Gasteiger partial charge in [0.25, 0.3) is 0 Å². The minimum absolute atomic E-state index is 0.426. The van der Waals surface area contributed by atoms with Gasteiger partial charge in [-0.3, -0.25) is 4.90 Å². The van der Waals surface area contributed by atoms with Crippen LogP contribution < -0.4 is 5.32 Å². The van der Waals surface area contributed by atoms with Crippen molar-refractivity contribution in [2.45, 2.75) is 38.4 Å². The fourth-order valence-corrected chi connectivity index (χ4v) is 3.80. The monoisotopic (exact) mass is 376 g/mol. The maximum Gasteiger partial charge on any atom is 0.416 e. The van der Waals surface area contributed by atoms with Crippen LogP contribution in [0.5, 0.6) is 0 Å². The summed E-state index contributed by atoms with van der Waals surface area (Å²) >= 11 is 0. The van der Waals surface area contributed by atoms with Crippen LogP contribution in [0.15, 0.2) is 54.6 Å². The number of benzene rings is 2. The van der Waals surface area contributed by atoms with E-state index >= 15 is 0 Å². The van der Waals surface area contributed by atoms with E-state index in [4.69, 9.17) is 0 Å². The number of hydrogen-bond donors (Lipinski definition) is 1. The normalized spacial score (nSPS) is 17.6. The molecule has 5 heteroatoms. The topological polar surface area (TPSA) is 15.3 Å². The smallest absolute Gasteiger partial charge is 0.385 e. The van der Waals surface area contributed by atoms with Gasteiger partial charge in [-0.15, -0.1) is 0 Å². The van der Waals surface area contributed by atoms with Gasteiger partial charge < -0.3 is 5.32 Å². The first-order valence-corrected chi connectivity index (χ1v) is 9.63. The molecule has 1 atom stereocenters. The van der Waals surface area contributed by atoms with E-state index in [1.54, 1.807) is 6.07 Å². The summed E-state index contributed by atoms with van der Waals surface area (Å²) in [4.78, 5) is 2.52. The summed E-state index contributed by atoms with van der Waals surface area (Å²) < 4.78 is 38.3. The molecule has 146 valence electrons. The molecule has 1 unspecified atom stereocenters. The van der Waals surface area contributed by atoms with Gasteiger partial charge in [-0.2, -0.15) is 13.2 Å². The highest BCUT2D eigenvalue weighted by molar-refractivity contribution is 5.46. The van der Waals surface area contributed by atoms with Gasteiger partial charge >= 0.3 is 6.18 Å². The van der Waals surface area contributed by atoms with E-state index in [0.717, 1.165) is 38.4 Å². The van der Waals surface area contributed by atoms with Crippen LogP contribution in [0.3, 0.4) is 0 Å². The lowest BCUT2D eigenvalue weighted by Crippen LogP contribution is -2.36. The van der Waals surface area contributed by atoms with Crippen molar-refractivity contribution in [3.8, 4) is 0 Å². The third-order valence-electron chi connectivity index (χ3n) is 5.55. The first-order valence-electron chi connectivity index (χ1n) is 9.63. The summed E-state index contributed by atoms with van der Waals surface area (Å²) in [5.41, 5.74) is 1.29. The first-order chi connectivity index (χ1) is 12.9. The largest absolute Gasteiger partial charge is 0.416 e. The number of rotatable bonds is 6. The number of nitrogens with one attached hydrogen (secondary N) is 1. The Morgan fingerprint density at radius 2 is 1.74 bits per heavy atom. The highest BCUT2D eigenvalue weighted by Gasteiger charge is 2.30. The minimum atomic E-state index is -4.29. The lowest BCUT2D eigenvalue weighted by molar-refractivity contribution is -0.137. The molecule has 0 radical (unpaired) electrons. The van der Waals surface area contributed by atoms with Crippen LogP contribution in [-0.4, -0.2) is 24.5 Å². The lowest BCUT2D eigenvalue weighted by Gasteiger charge is -2.36. The van der Waals surface area contributed by atoms with Crippen LogP contribution in [-0.2, 0) is 6.18 Å². The first kappa shape index (κ1) is 19.7. The highest BCUT2D eigenvalue weighted by atomic mass is 19.4. The second-order valence-electron chi connectivity index (χ2n) is 7.36. The van der Waals surface area contributed by atoms with Gasteiger partial charge in [-0.05, 0) is 69.0 Å². The second kappa shape index (κ2) is 8.79. The Hall–Kier alpha value is -2.01. The van der Waals surface area contributed by atoms with Crippen molar-refractivity contribution in [1.29, 1.82) is 0 Å². The summed E-state index contributed by atoms with van der Waals surface area (Å²) in [6.45, 7) is 5.11. The predicted octanol–water partition coefficient (Wildman–Crippen LogP) is 5.98. The second-order valence-corrected chi connectivity index (χ2v) is 7.36. The quantitative estimate of drug-likeness (QED) is 0.667. The van der Waals surface area contributed by atoms with Crippen molar-refractivity contribution in [2.24, 2.45) is 5.92 Å². The van der Waals surface area contributed by atoms with Crippen molar-refractivity contribution >= 4 is 5.69 Å². The molecule has 1 heterocycles. The zero-order chi connectivity index (χ0) is 19.3. The molecule has 0 aromatic heterocycles. The molecule has 2 aromatic rings. The van der Waals surface area contributed by atoms with E-state index in [0.29, 0.717) is 24.2 Å². The molecule has 0 amide bonds. The molecule has 1 fully saturated rings. The average molecular weight is 376 g/mol. The maximum absolute atomic E-state index is 12.8. The molecule has 1 N–H and O–H groups in total. The molecule has 3 rings (SSSR count). The molecule has 2 nitrogen and oxygen atoms in total. The van der Waals surface area contributed by atoms with Crippen molar-refractivity contribution in [3.63, 3.8) is 0 Å². The minimum Gasteiger partial charge on any atom is -0.385 e. The van der Waals surface area contributed by atoms with Crippen LogP contribution in [0.1, 0.15) is 43.4 Å². The third-order valence-corrected chi connectivity index (χ3v) is 5.55. The van der Waals surface area contributed by atoms with Crippen LogP contribution in [0.2, 0.25) is 0 Å². The van der Waals surface area contributed by atoms with E-state index in [1.165, 1.54) is 17.7 Å². The number of halogens is 3. The SMILES string of the molecule is CC(c1ccccc1)N1CCC(CCNc2cccc(C(F)(F)F)c2)CC1. The van der Waals surface area contributed by atoms with E-state index in [2.05, 4.69) is 41.4 Å². The summed E-state index contributed by atoms with van der Waals surface area (Å²) in [6.07, 6.45) is -1.02. The summed E-state index contributed by atoms with van der Waals surface area (Å²) in [5.74, 6) is 0.627. The Bertz CT molecular complexity index is 707. The lowest BCUT2D eigenvalue weighted by atomic mass is 9.92. The Morgan fingerprint density at radius 3 is 2.41 bits per heavy atom. The Labute approximate surface area is 159 Å². The predicted molar refractivity (Wildman–Crippen MR) is 104 cm³/mol. The summed E-state index contributed by atoms with van der Waals surface area (Å²) in [5, 5.41) is 3.15. The summed E-state index contributed by atoms with van der Waals surface area (Å²) in [7, 11) is 0. The Balaban J connectivity index is 1.42. The molecule has 1 aliphatic rings. The van der Waals surface area contributed by atoms with Crippen molar-refractivity contribution in [2.75, 3.05) is 25.0 Å². The van der Waals surface area contributed by atoms with Crippen LogP contribution in [0.25, 0.3) is 0 Å². The zero-order valence-corrected chi connectivity index (χ0v) is 15.7. The van der Waals surface area contributed by atoms with Gasteiger partial charge in [0.15, 0.2) is 0 Å². The van der Waals surface area contributed by atoms with Gasteiger partial charge in [0.2, 0.25) is 0 Å². The summed E-state index contributed by atoms with van der Waals surface area (Å²) in [6, 6.07) is 16.4. The molecule has 0 spiro atoms. The molecule has 0 saturated carbocycles. The number of alkyl halides is 3. The van der Waals surface area contributed by atoms with Gasteiger partial charge in [0, 0.05) is 18.3 Å². The van der Waals surface area contributed by atoms with Gasteiger partial charge in [-0.1, -0.05) is 36.4 Å². The van der Waals surface area contributed by atoms with Gasteiger partial charge in [0.1, 0.15) is 0 Å². The van der Waals surface area contributed by atoms with E-state index < -0.39 is 11.7 Å². The number of nitrogens with zero attached hydrogens (tertiary/aromatic N) is 1. The molecule has 1 saturated heterocycles. The van der Waals surface area contributed by atoms with Crippen molar-refractivity contribution in [1.82, 2.24) is 4.90 Å². The van der Waals surface area contributed by atoms with Gasteiger partial charge in [0.05, 0.1) is 5.56 Å². The third kappa shape index (κ3) is 5.48. The number of anilines is 1. The molecule has 27 heavy (non-hydrogen) atoms. The zero-order valence-electron chi connectivity index (χ0n) is 15.7. The van der Waals surface area contributed by atoms with E-state index in [1.807, 2.05) is 6.07 Å². The van der Waals surface area contributed by atoms with Crippen molar-refractivity contribution < 1.29 is 13.2 Å². The number of likely N-dealkylation sites (tertiary alicyclic amines) is 1. The van der Waals surface area contributed by atoms with Crippen molar-refractivity contribution in [3.05, 3.63) is 65.7 Å². The van der Waals surface area contributed by atoms with E-state index in [9.17, 15) is 13.2 Å². The fourth-order valence-electron chi connectivity index (χ4n) is 3.80. The van der Waals surface area contributed by atoms with Gasteiger partial charge in [-0.25, -0.2) is 0 Å². The highest BCUT2D eigenvalue weighted by Crippen LogP contribution is 2.31. The Kier molecular flexibility index (Phi) is 6.42. The Morgan fingerprint density at radius 1 is 1.04 bits per heavy atom. The van der Waals surface area contributed by atoms with Crippen LogP contribution >= 0.6 is 0 Å². The molecule has 0 aliphatic carbocycles. The van der Waals surface area contributed by atoms with Crippen LogP contribution in [0.4, 0.5) is 18.9 Å². The molecular formula is C22H27F3N2. The fraction of sp³-hybridized carbons (Fsp3) is 0.455. The van der Waals surface area contributed by atoms with E-state index in [-0.39, 0.29) is 0 Å². The standard InChI is InChI=1S/C22H27F3N2/c1-17(19-6-3-2-4-7-19)27-14-11-18(12-15-27)10-13-26-21-9-5-8-20(16-21)22(23,24)25/h2-9,16-18,26H,10-15H2,1H3. The molecular weight excluding hydrogens is 349 g/mol. The number of hydrogen-bond acceptors (Lipinski definition) is 2. The average Bonchev–Trinajstić information content (AvgIpc) is 2.68. The van der Waals surface area contributed by atoms with Crippen LogP contribution in [0, 0.1) is 5.92 Å². The molecule has 2 aromatic carbocycles. The molecule has 1 aliphatic heterocycles. The maximum atomic E-state index is 12.8. The molecule has 0 bridgehead atoms.